The summed E-state index contributed by atoms with van der Waals surface area (Å²) in [6.07, 6.45) is 0. The molecule has 110 valence electrons. The molecule has 0 spiro atoms. The Morgan fingerprint density at radius 3 is 2.14 bits per heavy atom. The zero-order chi connectivity index (χ0) is 14.9. The normalized spacial score (nSPS) is 12.0. The van der Waals surface area contributed by atoms with Gasteiger partial charge < -0.3 is 20.0 Å². The molecule has 0 aromatic heterocycles. The molecule has 0 saturated carbocycles. The number of benzene rings is 2. The second-order valence-electron chi connectivity index (χ2n) is 4.85. The number of carboxylic acid groups (broad SMARTS) is 1. The van der Waals surface area contributed by atoms with Crippen molar-refractivity contribution in [3.05, 3.63) is 71.8 Å². The van der Waals surface area contributed by atoms with E-state index in [1.165, 1.54) is 0 Å². The Morgan fingerprint density at radius 1 is 1.00 bits per heavy atom. The zero-order valence-electron chi connectivity index (χ0n) is 11.8. The lowest BCUT2D eigenvalue weighted by Gasteiger charge is -2.16. The first-order valence-electron chi connectivity index (χ1n) is 6.95. The van der Waals surface area contributed by atoms with E-state index in [9.17, 15) is 9.90 Å². The topological polar surface area (TPSA) is 66.0 Å². The lowest BCUT2D eigenvalue weighted by atomic mass is 10.2. The van der Waals surface area contributed by atoms with Crippen LogP contribution in [0.5, 0.6) is 0 Å². The fourth-order valence-electron chi connectivity index (χ4n) is 2.00. The van der Waals surface area contributed by atoms with Gasteiger partial charge in [0, 0.05) is 5.56 Å². The van der Waals surface area contributed by atoms with Crippen LogP contribution in [0.3, 0.4) is 0 Å². The molecule has 0 bridgehead atoms. The van der Waals surface area contributed by atoms with E-state index in [0.717, 1.165) is 11.1 Å². The summed E-state index contributed by atoms with van der Waals surface area (Å²) >= 11 is 0. The largest absolute Gasteiger partial charge is 0.544 e. The van der Waals surface area contributed by atoms with E-state index in [1.54, 1.807) is 5.32 Å². The van der Waals surface area contributed by atoms with Crippen molar-refractivity contribution >= 4 is 5.97 Å². The molecule has 0 aliphatic heterocycles. The van der Waals surface area contributed by atoms with Gasteiger partial charge in [-0.3, -0.25) is 0 Å². The minimum absolute atomic E-state index is 0.129. The number of carbonyl (C=O) groups excluding carboxylic acids is 1. The molecule has 0 radical (unpaired) electrons. The molecule has 4 heteroatoms. The van der Waals surface area contributed by atoms with Crippen LogP contribution in [-0.2, 0) is 22.7 Å². The zero-order valence-corrected chi connectivity index (χ0v) is 11.8. The second-order valence-corrected chi connectivity index (χ2v) is 4.85. The van der Waals surface area contributed by atoms with Gasteiger partial charge >= 0.3 is 0 Å². The minimum atomic E-state index is -1.10. The van der Waals surface area contributed by atoms with Crippen LogP contribution < -0.4 is 10.4 Å². The van der Waals surface area contributed by atoms with E-state index < -0.39 is 12.0 Å². The number of hydrogen-bond donors (Lipinski definition) is 1. The van der Waals surface area contributed by atoms with Gasteiger partial charge in [0.2, 0.25) is 0 Å². The highest BCUT2D eigenvalue weighted by molar-refractivity contribution is 5.69. The molecule has 0 aliphatic carbocycles. The average molecular weight is 285 g/mol. The van der Waals surface area contributed by atoms with Crippen molar-refractivity contribution in [2.45, 2.75) is 19.2 Å². The number of aliphatic carboxylic acids is 1. The van der Waals surface area contributed by atoms with Crippen molar-refractivity contribution < 1.29 is 20.0 Å². The molecule has 1 atom stereocenters. The molecule has 0 heterocycles. The van der Waals surface area contributed by atoms with Gasteiger partial charge in [0.15, 0.2) is 0 Å². The summed E-state index contributed by atoms with van der Waals surface area (Å²) in [5, 5.41) is 12.9. The van der Waals surface area contributed by atoms with Gasteiger partial charge in [0.05, 0.1) is 6.61 Å². The number of ether oxygens (including phenoxy) is 1. The first-order valence-corrected chi connectivity index (χ1v) is 6.95. The van der Waals surface area contributed by atoms with Gasteiger partial charge in [-0.1, -0.05) is 60.7 Å². The predicted octanol–water partition coefficient (Wildman–Crippen LogP) is 0.0853. The maximum atomic E-state index is 11.1. The van der Waals surface area contributed by atoms with Gasteiger partial charge in [0.25, 0.3) is 0 Å². The SMILES string of the molecule is O=C([O-])[C@H](COCc1ccccc1)[NH2+]Cc1ccccc1. The van der Waals surface area contributed by atoms with Crippen LogP contribution in [0.4, 0.5) is 0 Å². The molecule has 0 aliphatic rings. The maximum Gasteiger partial charge on any atom is 0.150 e. The fraction of sp³-hybridized carbons (Fsp3) is 0.235. The third-order valence-corrected chi connectivity index (χ3v) is 3.19. The van der Waals surface area contributed by atoms with E-state index in [4.69, 9.17) is 4.74 Å². The van der Waals surface area contributed by atoms with Crippen LogP contribution in [-0.4, -0.2) is 18.6 Å². The summed E-state index contributed by atoms with van der Waals surface area (Å²) in [6, 6.07) is 18.7. The molecule has 2 N–H and O–H groups in total. The lowest BCUT2D eigenvalue weighted by molar-refractivity contribution is -0.700. The van der Waals surface area contributed by atoms with Gasteiger partial charge in [-0.05, 0) is 5.56 Å². The van der Waals surface area contributed by atoms with Crippen molar-refractivity contribution in [1.29, 1.82) is 0 Å². The maximum absolute atomic E-state index is 11.1. The Kier molecular flexibility index (Phi) is 5.94. The Hall–Kier alpha value is -2.17. The number of hydrogen-bond acceptors (Lipinski definition) is 3. The third kappa shape index (κ3) is 5.38. The Labute approximate surface area is 124 Å². The highest BCUT2D eigenvalue weighted by Crippen LogP contribution is 2.00. The van der Waals surface area contributed by atoms with Crippen LogP contribution in [0.2, 0.25) is 0 Å². The summed E-state index contributed by atoms with van der Waals surface area (Å²) in [6.45, 7) is 1.13. The summed E-state index contributed by atoms with van der Waals surface area (Å²) in [4.78, 5) is 11.1. The van der Waals surface area contributed by atoms with Gasteiger partial charge in [-0.15, -0.1) is 0 Å². The Bertz CT molecular complexity index is 542. The highest BCUT2D eigenvalue weighted by atomic mass is 16.5. The molecule has 4 nitrogen and oxygen atoms in total. The summed E-state index contributed by atoms with van der Waals surface area (Å²) in [7, 11) is 0. The van der Waals surface area contributed by atoms with Crippen molar-refractivity contribution in [1.82, 2.24) is 0 Å². The van der Waals surface area contributed by atoms with Gasteiger partial charge in [-0.2, -0.15) is 0 Å². The standard InChI is InChI=1S/C17H19NO3/c19-17(20)16(18-11-14-7-3-1-4-8-14)13-21-12-15-9-5-2-6-10-15/h1-10,16,18H,11-13H2,(H,19,20)/t16-/m0/s1. The Morgan fingerprint density at radius 2 is 1.57 bits per heavy atom. The summed E-state index contributed by atoms with van der Waals surface area (Å²) < 4.78 is 5.48. The molecule has 2 aromatic rings. The van der Waals surface area contributed by atoms with Crippen LogP contribution in [0.15, 0.2) is 60.7 Å². The summed E-state index contributed by atoms with van der Waals surface area (Å²) in [5.41, 5.74) is 2.10. The molecule has 21 heavy (non-hydrogen) atoms. The second kappa shape index (κ2) is 8.19. The lowest BCUT2D eigenvalue weighted by Crippen LogP contribution is -2.92. The fourth-order valence-corrected chi connectivity index (χ4v) is 2.00. The molecule has 0 saturated heterocycles. The first kappa shape index (κ1) is 15.2. The van der Waals surface area contributed by atoms with E-state index in [0.29, 0.717) is 13.2 Å². The quantitative estimate of drug-likeness (QED) is 0.747. The number of carboxylic acids is 1. The van der Waals surface area contributed by atoms with Crippen molar-refractivity contribution in [2.75, 3.05) is 6.61 Å². The molecule has 2 rings (SSSR count). The van der Waals surface area contributed by atoms with Crippen LogP contribution in [0, 0.1) is 0 Å². The highest BCUT2D eigenvalue weighted by Gasteiger charge is 2.13. The van der Waals surface area contributed by atoms with E-state index >= 15 is 0 Å². The monoisotopic (exact) mass is 285 g/mol. The van der Waals surface area contributed by atoms with E-state index in [1.807, 2.05) is 60.7 Å². The number of carbonyl (C=O) groups is 1. The smallest absolute Gasteiger partial charge is 0.150 e. The predicted molar refractivity (Wildman–Crippen MR) is 77.0 cm³/mol. The number of quaternary nitrogens is 1. The van der Waals surface area contributed by atoms with E-state index in [-0.39, 0.29) is 6.61 Å². The summed E-state index contributed by atoms with van der Waals surface area (Å²) in [5.74, 6) is -1.10. The van der Waals surface area contributed by atoms with Gasteiger partial charge in [0.1, 0.15) is 25.2 Å². The molecule has 0 unspecified atom stereocenters. The van der Waals surface area contributed by atoms with Crippen molar-refractivity contribution in [2.24, 2.45) is 0 Å². The van der Waals surface area contributed by atoms with E-state index in [2.05, 4.69) is 0 Å². The van der Waals surface area contributed by atoms with Crippen molar-refractivity contribution in [3.63, 3.8) is 0 Å². The minimum Gasteiger partial charge on any atom is -0.544 e. The van der Waals surface area contributed by atoms with Gasteiger partial charge in [-0.25, -0.2) is 0 Å². The first-order chi connectivity index (χ1) is 10.3. The van der Waals surface area contributed by atoms with Crippen LogP contribution >= 0.6 is 0 Å². The molecule has 2 aromatic carbocycles. The van der Waals surface area contributed by atoms with Crippen LogP contribution in [0.25, 0.3) is 0 Å². The third-order valence-electron chi connectivity index (χ3n) is 3.19. The van der Waals surface area contributed by atoms with Crippen LogP contribution in [0.1, 0.15) is 11.1 Å². The molecule has 0 fully saturated rings. The van der Waals surface area contributed by atoms with Crippen molar-refractivity contribution in [3.8, 4) is 0 Å². The Balaban J connectivity index is 1.78. The number of rotatable bonds is 8. The number of nitrogens with two attached hydrogens (primary N) is 1. The average Bonchev–Trinajstić information content (AvgIpc) is 2.52. The molecular formula is C17H19NO3. The molecular weight excluding hydrogens is 266 g/mol. The molecule has 0 amide bonds.